The maximum Gasteiger partial charge on any atom is 0.0307 e. The number of rotatable bonds is 0. The fraction of sp³-hybridized carbons (Fsp3) is 1.00. The summed E-state index contributed by atoms with van der Waals surface area (Å²) in [7, 11) is 0. The summed E-state index contributed by atoms with van der Waals surface area (Å²) in [6.45, 7) is 4.66. The van der Waals surface area contributed by atoms with Crippen molar-refractivity contribution < 1.29 is 0 Å². The van der Waals surface area contributed by atoms with Gasteiger partial charge in [-0.1, -0.05) is 12.8 Å². The molecule has 1 saturated heterocycles. The highest BCUT2D eigenvalue weighted by Crippen LogP contribution is 2.29. The second-order valence-electron chi connectivity index (χ2n) is 4.10. The SMILES string of the molecule is CC12CCCCC1NCCN2. The van der Waals surface area contributed by atoms with Gasteiger partial charge in [-0.25, -0.2) is 0 Å². The maximum absolute atomic E-state index is 3.63. The van der Waals surface area contributed by atoms with Crippen LogP contribution in [0.2, 0.25) is 0 Å². The van der Waals surface area contributed by atoms with Crippen LogP contribution in [-0.2, 0) is 0 Å². The molecule has 64 valence electrons. The smallest absolute Gasteiger partial charge is 0.0307 e. The standard InChI is InChI=1S/C9H18N2/c1-9-5-3-2-4-8(9)10-6-7-11-9/h8,10-11H,2-7H2,1H3. The van der Waals surface area contributed by atoms with Gasteiger partial charge in [0.1, 0.15) is 0 Å². The Morgan fingerprint density at radius 2 is 2.18 bits per heavy atom. The van der Waals surface area contributed by atoms with E-state index in [0.717, 1.165) is 19.1 Å². The lowest BCUT2D eigenvalue weighted by Crippen LogP contribution is -2.65. The molecule has 2 aliphatic rings. The monoisotopic (exact) mass is 154 g/mol. The van der Waals surface area contributed by atoms with Crippen molar-refractivity contribution in [1.82, 2.24) is 10.6 Å². The van der Waals surface area contributed by atoms with E-state index in [-0.39, 0.29) is 0 Å². The zero-order chi connectivity index (χ0) is 7.73. The van der Waals surface area contributed by atoms with E-state index in [4.69, 9.17) is 0 Å². The summed E-state index contributed by atoms with van der Waals surface area (Å²) in [6.07, 6.45) is 5.53. The van der Waals surface area contributed by atoms with Crippen LogP contribution in [0.3, 0.4) is 0 Å². The quantitative estimate of drug-likeness (QED) is 0.541. The first-order valence-corrected chi connectivity index (χ1v) is 4.80. The summed E-state index contributed by atoms with van der Waals surface area (Å²) < 4.78 is 0. The van der Waals surface area contributed by atoms with E-state index < -0.39 is 0 Å². The first-order valence-electron chi connectivity index (χ1n) is 4.80. The zero-order valence-corrected chi connectivity index (χ0v) is 7.32. The van der Waals surface area contributed by atoms with E-state index in [9.17, 15) is 0 Å². The van der Waals surface area contributed by atoms with E-state index >= 15 is 0 Å². The van der Waals surface area contributed by atoms with Crippen LogP contribution in [0.15, 0.2) is 0 Å². The molecule has 1 aliphatic heterocycles. The molecule has 2 N–H and O–H groups in total. The van der Waals surface area contributed by atoms with Crippen molar-refractivity contribution in [3.8, 4) is 0 Å². The third kappa shape index (κ3) is 1.30. The van der Waals surface area contributed by atoms with E-state index in [1.807, 2.05) is 0 Å². The van der Waals surface area contributed by atoms with Gasteiger partial charge in [0.2, 0.25) is 0 Å². The predicted octanol–water partition coefficient (Wildman–Crippen LogP) is 0.881. The van der Waals surface area contributed by atoms with Gasteiger partial charge in [-0.15, -0.1) is 0 Å². The van der Waals surface area contributed by atoms with Gasteiger partial charge in [0, 0.05) is 24.7 Å². The van der Waals surface area contributed by atoms with Crippen molar-refractivity contribution in [2.24, 2.45) is 0 Å². The number of nitrogens with one attached hydrogen (secondary N) is 2. The Hall–Kier alpha value is -0.0800. The molecule has 0 aromatic carbocycles. The number of piperazine rings is 1. The lowest BCUT2D eigenvalue weighted by molar-refractivity contribution is 0.157. The average molecular weight is 154 g/mol. The van der Waals surface area contributed by atoms with E-state index in [1.54, 1.807) is 0 Å². The molecule has 0 bridgehead atoms. The molecule has 2 nitrogen and oxygen atoms in total. The third-order valence-corrected chi connectivity index (χ3v) is 3.25. The summed E-state index contributed by atoms with van der Waals surface area (Å²) in [5.74, 6) is 0. The summed E-state index contributed by atoms with van der Waals surface area (Å²) in [4.78, 5) is 0. The molecule has 2 rings (SSSR count). The molecule has 0 spiro atoms. The Balaban J connectivity index is 2.06. The summed E-state index contributed by atoms with van der Waals surface area (Å²) in [5, 5.41) is 7.23. The molecular formula is C9H18N2. The Kier molecular flexibility index (Phi) is 1.90. The normalized spacial score (nSPS) is 45.0. The summed E-state index contributed by atoms with van der Waals surface area (Å²) in [5.41, 5.74) is 0.413. The largest absolute Gasteiger partial charge is 0.311 e. The van der Waals surface area contributed by atoms with Crippen molar-refractivity contribution in [2.45, 2.75) is 44.2 Å². The van der Waals surface area contributed by atoms with Gasteiger partial charge in [0.25, 0.3) is 0 Å². The van der Waals surface area contributed by atoms with Crippen LogP contribution >= 0.6 is 0 Å². The summed E-state index contributed by atoms with van der Waals surface area (Å²) >= 11 is 0. The minimum Gasteiger partial charge on any atom is -0.311 e. The fourth-order valence-corrected chi connectivity index (χ4v) is 2.47. The van der Waals surface area contributed by atoms with Gasteiger partial charge in [0.15, 0.2) is 0 Å². The van der Waals surface area contributed by atoms with Crippen LogP contribution < -0.4 is 10.6 Å². The second kappa shape index (κ2) is 2.76. The van der Waals surface area contributed by atoms with Crippen molar-refractivity contribution in [2.75, 3.05) is 13.1 Å². The van der Waals surface area contributed by atoms with E-state index in [1.165, 1.54) is 25.7 Å². The van der Waals surface area contributed by atoms with E-state index in [2.05, 4.69) is 17.6 Å². The molecule has 1 saturated carbocycles. The van der Waals surface area contributed by atoms with Crippen LogP contribution in [-0.4, -0.2) is 24.7 Å². The Morgan fingerprint density at radius 3 is 3.00 bits per heavy atom. The Morgan fingerprint density at radius 1 is 1.27 bits per heavy atom. The van der Waals surface area contributed by atoms with Gasteiger partial charge in [-0.3, -0.25) is 0 Å². The van der Waals surface area contributed by atoms with Crippen LogP contribution in [0.25, 0.3) is 0 Å². The Labute approximate surface area is 68.7 Å². The molecule has 0 amide bonds. The highest BCUT2D eigenvalue weighted by molar-refractivity contribution is 5.00. The molecule has 2 heteroatoms. The van der Waals surface area contributed by atoms with Gasteiger partial charge in [0.05, 0.1) is 0 Å². The molecule has 1 heterocycles. The molecule has 2 fully saturated rings. The van der Waals surface area contributed by atoms with Crippen LogP contribution in [0, 0.1) is 0 Å². The zero-order valence-electron chi connectivity index (χ0n) is 7.32. The predicted molar refractivity (Wildman–Crippen MR) is 46.7 cm³/mol. The third-order valence-electron chi connectivity index (χ3n) is 3.25. The number of fused-ring (bicyclic) bond motifs is 1. The molecular weight excluding hydrogens is 136 g/mol. The molecule has 0 aromatic rings. The van der Waals surface area contributed by atoms with Crippen LogP contribution in [0.4, 0.5) is 0 Å². The molecule has 1 aliphatic carbocycles. The molecule has 2 unspecified atom stereocenters. The lowest BCUT2D eigenvalue weighted by Gasteiger charge is -2.46. The van der Waals surface area contributed by atoms with Crippen LogP contribution in [0.1, 0.15) is 32.6 Å². The van der Waals surface area contributed by atoms with Gasteiger partial charge >= 0.3 is 0 Å². The molecule has 0 aromatic heterocycles. The van der Waals surface area contributed by atoms with Gasteiger partial charge < -0.3 is 10.6 Å². The van der Waals surface area contributed by atoms with E-state index in [0.29, 0.717) is 5.54 Å². The summed E-state index contributed by atoms with van der Waals surface area (Å²) in [6, 6.07) is 0.741. The minimum absolute atomic E-state index is 0.413. The van der Waals surface area contributed by atoms with Crippen LogP contribution in [0.5, 0.6) is 0 Å². The van der Waals surface area contributed by atoms with Crippen molar-refractivity contribution in [3.63, 3.8) is 0 Å². The number of hydrogen-bond donors (Lipinski definition) is 2. The lowest BCUT2D eigenvalue weighted by atomic mass is 9.77. The molecule has 11 heavy (non-hydrogen) atoms. The van der Waals surface area contributed by atoms with Crippen molar-refractivity contribution in [1.29, 1.82) is 0 Å². The fourth-order valence-electron chi connectivity index (χ4n) is 2.47. The Bertz CT molecular complexity index is 132. The molecule has 0 radical (unpaired) electrons. The highest BCUT2D eigenvalue weighted by atomic mass is 15.1. The topological polar surface area (TPSA) is 24.1 Å². The first-order chi connectivity index (χ1) is 5.31. The van der Waals surface area contributed by atoms with Crippen molar-refractivity contribution in [3.05, 3.63) is 0 Å². The highest BCUT2D eigenvalue weighted by Gasteiger charge is 2.37. The minimum atomic E-state index is 0.413. The van der Waals surface area contributed by atoms with Crippen molar-refractivity contribution >= 4 is 0 Å². The maximum atomic E-state index is 3.63. The van der Waals surface area contributed by atoms with Gasteiger partial charge in [-0.05, 0) is 19.8 Å². The van der Waals surface area contributed by atoms with Gasteiger partial charge in [-0.2, -0.15) is 0 Å². The first kappa shape index (κ1) is 7.56. The number of hydrogen-bond acceptors (Lipinski definition) is 2. The average Bonchev–Trinajstić information content (AvgIpc) is 2.03. The molecule has 2 atom stereocenters. The second-order valence-corrected chi connectivity index (χ2v) is 4.10.